The van der Waals surface area contributed by atoms with Crippen LogP contribution in [-0.4, -0.2) is 18.0 Å². The molecule has 5 nitrogen and oxygen atoms in total. The maximum atomic E-state index is 13.4. The Kier molecular flexibility index (Phi) is 5.96. The number of amides is 3. The summed E-state index contributed by atoms with van der Waals surface area (Å²) in [4.78, 5) is 22.9. The van der Waals surface area contributed by atoms with Gasteiger partial charge in [0.25, 0.3) is 0 Å². The van der Waals surface area contributed by atoms with Crippen molar-refractivity contribution in [3.8, 4) is 0 Å². The van der Waals surface area contributed by atoms with Gasteiger partial charge in [-0.1, -0.05) is 32.0 Å². The molecule has 0 aromatic heterocycles. The molecule has 0 aliphatic heterocycles. The van der Waals surface area contributed by atoms with Crippen LogP contribution in [-0.2, 0) is 11.3 Å². The first-order valence-corrected chi connectivity index (χ1v) is 6.47. The highest BCUT2D eigenvalue weighted by atomic mass is 19.1. The molecular formula is C14H20FN3O2. The smallest absolute Gasteiger partial charge is 0.312 e. The van der Waals surface area contributed by atoms with Crippen LogP contribution in [0.25, 0.3) is 0 Å². The van der Waals surface area contributed by atoms with E-state index < -0.39 is 12.1 Å². The van der Waals surface area contributed by atoms with Gasteiger partial charge in [-0.25, -0.2) is 9.18 Å². The second-order valence-corrected chi connectivity index (χ2v) is 5.00. The first-order chi connectivity index (χ1) is 9.40. The fraction of sp³-hybridized carbons (Fsp3) is 0.429. The Labute approximate surface area is 117 Å². The Balaban J connectivity index is 2.62. The lowest BCUT2D eigenvalue weighted by Crippen LogP contribution is -2.49. The summed E-state index contributed by atoms with van der Waals surface area (Å²) in [6.45, 7) is 3.93. The molecule has 0 saturated carbocycles. The number of carbonyl (C=O) groups is 2. The molecule has 4 N–H and O–H groups in total. The standard InChI is InChI=1S/C14H20FN3O2/c1-9(2)7-12(18-14(16)20)13(19)17-8-10-5-3-4-6-11(10)15/h3-6,9,12H,7-8H2,1-2H3,(H,17,19)(H3,16,18,20). The Hall–Kier alpha value is -2.11. The maximum absolute atomic E-state index is 13.4. The van der Waals surface area contributed by atoms with Crippen molar-refractivity contribution in [3.05, 3.63) is 35.6 Å². The molecule has 0 aliphatic carbocycles. The van der Waals surface area contributed by atoms with Gasteiger partial charge >= 0.3 is 6.03 Å². The molecular weight excluding hydrogens is 261 g/mol. The molecule has 0 spiro atoms. The largest absolute Gasteiger partial charge is 0.352 e. The summed E-state index contributed by atoms with van der Waals surface area (Å²) in [6, 6.07) is 4.73. The van der Waals surface area contributed by atoms with E-state index in [2.05, 4.69) is 10.6 Å². The number of hydrogen-bond acceptors (Lipinski definition) is 2. The molecule has 0 aliphatic rings. The molecule has 0 bridgehead atoms. The highest BCUT2D eigenvalue weighted by Crippen LogP contribution is 2.08. The number of rotatable bonds is 6. The van der Waals surface area contributed by atoms with E-state index in [0.717, 1.165) is 0 Å². The Bertz CT molecular complexity index is 477. The molecule has 1 rings (SSSR count). The summed E-state index contributed by atoms with van der Waals surface area (Å²) in [5.41, 5.74) is 5.44. The van der Waals surface area contributed by atoms with Gasteiger partial charge in [0.2, 0.25) is 5.91 Å². The fourth-order valence-electron chi connectivity index (χ4n) is 1.82. The zero-order valence-electron chi connectivity index (χ0n) is 11.7. The van der Waals surface area contributed by atoms with Gasteiger partial charge in [0.05, 0.1) is 0 Å². The lowest BCUT2D eigenvalue weighted by atomic mass is 10.0. The third-order valence-corrected chi connectivity index (χ3v) is 2.75. The average Bonchev–Trinajstić information content (AvgIpc) is 2.35. The molecule has 1 aromatic rings. The zero-order valence-corrected chi connectivity index (χ0v) is 11.7. The monoisotopic (exact) mass is 281 g/mol. The summed E-state index contributed by atoms with van der Waals surface area (Å²) < 4.78 is 13.4. The minimum Gasteiger partial charge on any atom is -0.352 e. The normalized spacial score (nSPS) is 12.0. The van der Waals surface area contributed by atoms with Crippen molar-refractivity contribution in [1.29, 1.82) is 0 Å². The molecule has 0 fully saturated rings. The zero-order chi connectivity index (χ0) is 15.1. The van der Waals surface area contributed by atoms with Gasteiger partial charge in [0.1, 0.15) is 11.9 Å². The van der Waals surface area contributed by atoms with Gasteiger partial charge in [-0.2, -0.15) is 0 Å². The summed E-state index contributed by atoms with van der Waals surface area (Å²) in [7, 11) is 0. The van der Waals surface area contributed by atoms with E-state index in [4.69, 9.17) is 5.73 Å². The number of carbonyl (C=O) groups excluding carboxylic acids is 2. The molecule has 20 heavy (non-hydrogen) atoms. The molecule has 0 radical (unpaired) electrons. The van der Waals surface area contributed by atoms with Gasteiger partial charge in [0, 0.05) is 12.1 Å². The van der Waals surface area contributed by atoms with Gasteiger partial charge in [0.15, 0.2) is 0 Å². The van der Waals surface area contributed by atoms with Gasteiger partial charge in [-0.05, 0) is 18.4 Å². The highest BCUT2D eigenvalue weighted by Gasteiger charge is 2.20. The third kappa shape index (κ3) is 5.26. The van der Waals surface area contributed by atoms with E-state index in [9.17, 15) is 14.0 Å². The van der Waals surface area contributed by atoms with Crippen molar-refractivity contribution < 1.29 is 14.0 Å². The highest BCUT2D eigenvalue weighted by molar-refractivity contribution is 5.86. The predicted octanol–water partition coefficient (Wildman–Crippen LogP) is 1.52. The summed E-state index contributed by atoms with van der Waals surface area (Å²) in [6.07, 6.45) is 0.464. The number of urea groups is 1. The number of nitrogens with two attached hydrogens (primary N) is 1. The fourth-order valence-corrected chi connectivity index (χ4v) is 1.82. The molecule has 110 valence electrons. The van der Waals surface area contributed by atoms with Gasteiger partial charge in [-0.3, -0.25) is 4.79 Å². The van der Waals surface area contributed by atoms with Crippen molar-refractivity contribution in [2.24, 2.45) is 11.7 Å². The Morgan fingerprint density at radius 3 is 2.50 bits per heavy atom. The van der Waals surface area contributed by atoms with Crippen LogP contribution in [0.15, 0.2) is 24.3 Å². The molecule has 1 unspecified atom stereocenters. The Morgan fingerprint density at radius 1 is 1.30 bits per heavy atom. The van der Waals surface area contributed by atoms with Crippen LogP contribution in [0.1, 0.15) is 25.8 Å². The lowest BCUT2D eigenvalue weighted by Gasteiger charge is -2.19. The van der Waals surface area contributed by atoms with Crippen molar-refractivity contribution in [2.45, 2.75) is 32.9 Å². The third-order valence-electron chi connectivity index (χ3n) is 2.75. The summed E-state index contributed by atoms with van der Waals surface area (Å²) in [5.74, 6) is -0.539. The quantitative estimate of drug-likeness (QED) is 0.738. The molecule has 0 heterocycles. The van der Waals surface area contributed by atoms with E-state index in [1.165, 1.54) is 6.07 Å². The minimum atomic E-state index is -0.753. The molecule has 1 atom stereocenters. The van der Waals surface area contributed by atoms with Crippen molar-refractivity contribution >= 4 is 11.9 Å². The maximum Gasteiger partial charge on any atom is 0.312 e. The van der Waals surface area contributed by atoms with Crippen LogP contribution < -0.4 is 16.4 Å². The SMILES string of the molecule is CC(C)CC(NC(N)=O)C(=O)NCc1ccccc1F. The summed E-state index contributed by atoms with van der Waals surface area (Å²) >= 11 is 0. The van der Waals surface area contributed by atoms with E-state index in [1.807, 2.05) is 13.8 Å². The average molecular weight is 281 g/mol. The predicted molar refractivity (Wildman–Crippen MR) is 74.2 cm³/mol. The van der Waals surface area contributed by atoms with Crippen LogP contribution in [0.3, 0.4) is 0 Å². The molecule has 6 heteroatoms. The van der Waals surface area contributed by atoms with Crippen LogP contribution in [0.5, 0.6) is 0 Å². The molecule has 3 amide bonds. The first-order valence-electron chi connectivity index (χ1n) is 6.47. The number of primary amides is 1. The minimum absolute atomic E-state index is 0.0700. The second kappa shape index (κ2) is 7.47. The van der Waals surface area contributed by atoms with Crippen molar-refractivity contribution in [3.63, 3.8) is 0 Å². The van der Waals surface area contributed by atoms with Crippen LogP contribution in [0.2, 0.25) is 0 Å². The lowest BCUT2D eigenvalue weighted by molar-refractivity contribution is -0.123. The number of halogens is 1. The second-order valence-electron chi connectivity index (χ2n) is 5.00. The molecule has 0 saturated heterocycles. The van der Waals surface area contributed by atoms with Gasteiger partial charge in [-0.15, -0.1) is 0 Å². The molecule has 1 aromatic carbocycles. The van der Waals surface area contributed by atoms with Crippen LogP contribution in [0, 0.1) is 11.7 Å². The van der Waals surface area contributed by atoms with E-state index in [0.29, 0.717) is 12.0 Å². The van der Waals surface area contributed by atoms with E-state index in [1.54, 1.807) is 18.2 Å². The van der Waals surface area contributed by atoms with E-state index in [-0.39, 0.29) is 24.2 Å². The van der Waals surface area contributed by atoms with Crippen molar-refractivity contribution in [2.75, 3.05) is 0 Å². The van der Waals surface area contributed by atoms with Crippen LogP contribution >= 0.6 is 0 Å². The van der Waals surface area contributed by atoms with Crippen molar-refractivity contribution in [1.82, 2.24) is 10.6 Å². The first kappa shape index (κ1) is 15.9. The number of nitrogens with one attached hydrogen (secondary N) is 2. The summed E-state index contributed by atoms with van der Waals surface area (Å²) in [5, 5.41) is 5.00. The van der Waals surface area contributed by atoms with E-state index >= 15 is 0 Å². The number of benzene rings is 1. The number of hydrogen-bond donors (Lipinski definition) is 3. The topological polar surface area (TPSA) is 84.2 Å². The van der Waals surface area contributed by atoms with Crippen LogP contribution in [0.4, 0.5) is 9.18 Å². The van der Waals surface area contributed by atoms with Gasteiger partial charge < -0.3 is 16.4 Å². The Morgan fingerprint density at radius 2 is 1.95 bits per heavy atom.